The molecule has 0 spiro atoms. The van der Waals surface area contributed by atoms with Gasteiger partial charge in [-0.15, -0.1) is 0 Å². The van der Waals surface area contributed by atoms with Gasteiger partial charge in [0.25, 0.3) is 5.56 Å². The van der Waals surface area contributed by atoms with Crippen molar-refractivity contribution in [3.05, 3.63) is 64.4 Å². The zero-order valence-electron chi connectivity index (χ0n) is 17.4. The summed E-state index contributed by atoms with van der Waals surface area (Å²) in [5, 5.41) is 1.08. The van der Waals surface area contributed by atoms with Gasteiger partial charge in [-0.1, -0.05) is 41.6 Å². The first kappa shape index (κ1) is 20.6. The highest BCUT2D eigenvalue weighted by Crippen LogP contribution is 2.23. The lowest BCUT2D eigenvalue weighted by Crippen LogP contribution is -2.48. The second-order valence-corrected chi connectivity index (χ2v) is 8.67. The topological polar surface area (TPSA) is 64.4 Å². The van der Waals surface area contributed by atoms with Crippen LogP contribution < -0.4 is 5.56 Å². The van der Waals surface area contributed by atoms with Crippen LogP contribution in [0.4, 0.5) is 0 Å². The van der Waals surface area contributed by atoms with Crippen molar-refractivity contribution in [2.45, 2.75) is 38.1 Å². The molecular formula is C23H25N3O3S. The SMILES string of the molecule is Cc1ccc(-n2c(SCC(=O)N3C[C@@H](C)O[C@@H](C)C3)nc3ccccc3c2=O)cc1. The molecule has 7 heteroatoms. The minimum absolute atomic E-state index is 0.0206. The Balaban J connectivity index is 1.67. The summed E-state index contributed by atoms with van der Waals surface area (Å²) in [6, 6.07) is 15.1. The molecule has 1 saturated heterocycles. The maximum Gasteiger partial charge on any atom is 0.266 e. The standard InChI is InChI=1S/C23H25N3O3S/c1-15-8-10-18(11-9-15)26-22(28)19-6-4-5-7-20(19)24-23(26)30-14-21(27)25-12-16(2)29-17(3)13-25/h4-11,16-17H,12-14H2,1-3H3/t16-,17+. The van der Waals surface area contributed by atoms with Crippen LogP contribution in [0.3, 0.4) is 0 Å². The molecule has 1 aliphatic heterocycles. The zero-order chi connectivity index (χ0) is 21.3. The molecule has 0 unspecified atom stereocenters. The average molecular weight is 424 g/mol. The molecule has 3 aromatic rings. The highest BCUT2D eigenvalue weighted by molar-refractivity contribution is 7.99. The maximum atomic E-state index is 13.3. The molecule has 0 bridgehead atoms. The molecular weight excluding hydrogens is 398 g/mol. The normalized spacial score (nSPS) is 19.2. The van der Waals surface area contributed by atoms with Gasteiger partial charge in [0, 0.05) is 13.1 Å². The van der Waals surface area contributed by atoms with Gasteiger partial charge in [-0.05, 0) is 45.0 Å². The van der Waals surface area contributed by atoms with Crippen LogP contribution in [-0.4, -0.2) is 51.4 Å². The van der Waals surface area contributed by atoms with Crippen molar-refractivity contribution in [2.24, 2.45) is 0 Å². The van der Waals surface area contributed by atoms with Crippen molar-refractivity contribution in [1.29, 1.82) is 0 Å². The smallest absolute Gasteiger partial charge is 0.266 e. The van der Waals surface area contributed by atoms with Gasteiger partial charge in [-0.2, -0.15) is 0 Å². The van der Waals surface area contributed by atoms with E-state index in [4.69, 9.17) is 9.72 Å². The third kappa shape index (κ3) is 4.27. The fourth-order valence-corrected chi connectivity index (χ4v) is 4.65. The van der Waals surface area contributed by atoms with E-state index in [0.29, 0.717) is 29.1 Å². The van der Waals surface area contributed by atoms with Crippen molar-refractivity contribution < 1.29 is 9.53 Å². The first-order valence-corrected chi connectivity index (χ1v) is 11.1. The molecule has 2 aromatic carbocycles. The number of hydrogen-bond donors (Lipinski definition) is 0. The number of hydrogen-bond acceptors (Lipinski definition) is 5. The van der Waals surface area contributed by atoms with Crippen molar-refractivity contribution in [1.82, 2.24) is 14.5 Å². The van der Waals surface area contributed by atoms with Crippen LogP contribution in [-0.2, 0) is 9.53 Å². The third-order valence-electron chi connectivity index (χ3n) is 5.13. The number of nitrogens with zero attached hydrogens (tertiary/aromatic N) is 3. The summed E-state index contributed by atoms with van der Waals surface area (Å²) >= 11 is 1.30. The summed E-state index contributed by atoms with van der Waals surface area (Å²) in [5.74, 6) is 0.246. The number of aryl methyl sites for hydroxylation is 1. The Morgan fingerprint density at radius 2 is 1.77 bits per heavy atom. The summed E-state index contributed by atoms with van der Waals surface area (Å²) in [4.78, 5) is 32.6. The monoisotopic (exact) mass is 423 g/mol. The predicted octanol–water partition coefficient (Wildman–Crippen LogP) is 3.42. The highest BCUT2D eigenvalue weighted by Gasteiger charge is 2.26. The maximum absolute atomic E-state index is 13.3. The van der Waals surface area contributed by atoms with E-state index in [9.17, 15) is 9.59 Å². The number of carbonyl (C=O) groups excluding carboxylic acids is 1. The summed E-state index contributed by atoms with van der Waals surface area (Å²) in [5.41, 5.74) is 2.36. The van der Waals surface area contributed by atoms with Crippen LogP contribution in [0.15, 0.2) is 58.5 Å². The van der Waals surface area contributed by atoms with Crippen molar-refractivity contribution in [3.8, 4) is 5.69 Å². The molecule has 1 fully saturated rings. The lowest BCUT2D eigenvalue weighted by Gasteiger charge is -2.35. The quantitative estimate of drug-likeness (QED) is 0.475. The molecule has 0 saturated carbocycles. The zero-order valence-corrected chi connectivity index (χ0v) is 18.2. The number of aromatic nitrogens is 2. The molecule has 30 heavy (non-hydrogen) atoms. The molecule has 1 amide bonds. The Kier molecular flexibility index (Phi) is 5.92. The Hall–Kier alpha value is -2.64. The number of para-hydroxylation sites is 1. The number of rotatable bonds is 4. The number of carbonyl (C=O) groups is 1. The second kappa shape index (κ2) is 8.62. The Morgan fingerprint density at radius 3 is 2.47 bits per heavy atom. The molecule has 0 radical (unpaired) electrons. The first-order chi connectivity index (χ1) is 14.4. The van der Waals surface area contributed by atoms with Crippen LogP contribution in [0, 0.1) is 6.92 Å². The summed E-state index contributed by atoms with van der Waals surface area (Å²) in [7, 11) is 0. The first-order valence-electron chi connectivity index (χ1n) is 10.1. The van der Waals surface area contributed by atoms with E-state index >= 15 is 0 Å². The number of benzene rings is 2. The van der Waals surface area contributed by atoms with Gasteiger partial charge in [-0.3, -0.25) is 14.2 Å². The Morgan fingerprint density at radius 1 is 1.10 bits per heavy atom. The van der Waals surface area contributed by atoms with E-state index in [1.165, 1.54) is 11.8 Å². The molecule has 6 nitrogen and oxygen atoms in total. The molecule has 1 aromatic heterocycles. The fraction of sp³-hybridized carbons (Fsp3) is 0.348. The van der Waals surface area contributed by atoms with Gasteiger partial charge in [0.05, 0.1) is 34.6 Å². The van der Waals surface area contributed by atoms with Crippen molar-refractivity contribution in [3.63, 3.8) is 0 Å². The van der Waals surface area contributed by atoms with Gasteiger partial charge in [0.15, 0.2) is 5.16 Å². The predicted molar refractivity (Wildman–Crippen MR) is 119 cm³/mol. The molecule has 156 valence electrons. The summed E-state index contributed by atoms with van der Waals surface area (Å²) in [6.45, 7) is 7.12. The van der Waals surface area contributed by atoms with Gasteiger partial charge in [-0.25, -0.2) is 4.98 Å². The van der Waals surface area contributed by atoms with Crippen molar-refractivity contribution in [2.75, 3.05) is 18.8 Å². The van der Waals surface area contributed by atoms with Gasteiger partial charge in [0.2, 0.25) is 5.91 Å². The lowest BCUT2D eigenvalue weighted by molar-refractivity contribution is -0.140. The average Bonchev–Trinajstić information content (AvgIpc) is 2.72. The molecule has 2 heterocycles. The number of thioether (sulfide) groups is 1. The number of fused-ring (bicyclic) bond motifs is 1. The Bertz CT molecular complexity index is 1120. The molecule has 1 aliphatic rings. The van der Waals surface area contributed by atoms with Gasteiger partial charge in [0.1, 0.15) is 0 Å². The molecule has 0 N–H and O–H groups in total. The van der Waals surface area contributed by atoms with Crippen LogP contribution in [0.5, 0.6) is 0 Å². The Labute approximate surface area is 179 Å². The van der Waals surface area contributed by atoms with Gasteiger partial charge >= 0.3 is 0 Å². The largest absolute Gasteiger partial charge is 0.372 e. The second-order valence-electron chi connectivity index (χ2n) is 7.73. The van der Waals surface area contributed by atoms with Crippen LogP contribution in [0.1, 0.15) is 19.4 Å². The van der Waals surface area contributed by atoms with Crippen LogP contribution in [0.25, 0.3) is 16.6 Å². The van der Waals surface area contributed by atoms with E-state index in [-0.39, 0.29) is 29.4 Å². The minimum Gasteiger partial charge on any atom is -0.372 e. The lowest BCUT2D eigenvalue weighted by atomic mass is 10.2. The van der Waals surface area contributed by atoms with E-state index in [0.717, 1.165) is 11.3 Å². The highest BCUT2D eigenvalue weighted by atomic mass is 32.2. The molecule has 0 aliphatic carbocycles. The minimum atomic E-state index is -0.131. The van der Waals surface area contributed by atoms with E-state index in [2.05, 4.69) is 0 Å². The van der Waals surface area contributed by atoms with E-state index in [1.54, 1.807) is 10.6 Å². The van der Waals surface area contributed by atoms with Crippen molar-refractivity contribution >= 4 is 28.6 Å². The fourth-order valence-electron chi connectivity index (χ4n) is 3.73. The number of amides is 1. The van der Waals surface area contributed by atoms with Crippen LogP contribution >= 0.6 is 11.8 Å². The third-order valence-corrected chi connectivity index (χ3v) is 6.06. The molecule has 2 atom stereocenters. The summed E-state index contributed by atoms with van der Waals surface area (Å²) < 4.78 is 7.32. The number of morpholine rings is 1. The van der Waals surface area contributed by atoms with Gasteiger partial charge < -0.3 is 9.64 Å². The summed E-state index contributed by atoms with van der Waals surface area (Å²) in [6.07, 6.45) is 0.0412. The van der Waals surface area contributed by atoms with Crippen LogP contribution in [0.2, 0.25) is 0 Å². The number of ether oxygens (including phenoxy) is 1. The molecule has 4 rings (SSSR count). The van der Waals surface area contributed by atoms with E-state index in [1.807, 2.05) is 68.1 Å². The van der Waals surface area contributed by atoms with E-state index < -0.39 is 0 Å².